The monoisotopic (exact) mass is 157 g/mol. The highest BCUT2D eigenvalue weighted by molar-refractivity contribution is 5.00. The SMILES string of the molecule is C=C(C)C(COCCC)NC. The van der Waals surface area contributed by atoms with Crippen molar-refractivity contribution >= 4 is 0 Å². The zero-order chi connectivity index (χ0) is 8.69. The van der Waals surface area contributed by atoms with Crippen LogP contribution in [0.5, 0.6) is 0 Å². The summed E-state index contributed by atoms with van der Waals surface area (Å²) in [7, 11) is 1.93. The van der Waals surface area contributed by atoms with Crippen LogP contribution in [-0.4, -0.2) is 26.3 Å². The molecule has 0 radical (unpaired) electrons. The lowest BCUT2D eigenvalue weighted by Crippen LogP contribution is -2.31. The number of nitrogens with one attached hydrogen (secondary N) is 1. The predicted molar refractivity (Wildman–Crippen MR) is 48.8 cm³/mol. The van der Waals surface area contributed by atoms with Crippen molar-refractivity contribution in [1.82, 2.24) is 5.32 Å². The van der Waals surface area contributed by atoms with Crippen molar-refractivity contribution in [3.05, 3.63) is 12.2 Å². The van der Waals surface area contributed by atoms with Gasteiger partial charge < -0.3 is 10.1 Å². The van der Waals surface area contributed by atoms with Crippen LogP contribution in [-0.2, 0) is 4.74 Å². The molecule has 11 heavy (non-hydrogen) atoms. The van der Waals surface area contributed by atoms with Gasteiger partial charge in [0.15, 0.2) is 0 Å². The number of likely N-dealkylation sites (N-methyl/N-ethyl adjacent to an activating group) is 1. The van der Waals surface area contributed by atoms with E-state index in [2.05, 4.69) is 18.8 Å². The Morgan fingerprint density at radius 1 is 1.64 bits per heavy atom. The molecule has 0 amide bonds. The highest BCUT2D eigenvalue weighted by Gasteiger charge is 2.04. The summed E-state index contributed by atoms with van der Waals surface area (Å²) in [6.07, 6.45) is 1.08. The molecule has 0 aromatic heterocycles. The Bertz CT molecular complexity index is 112. The third-order valence-electron chi connectivity index (χ3n) is 1.58. The maximum Gasteiger partial charge on any atom is 0.0657 e. The van der Waals surface area contributed by atoms with Crippen LogP contribution in [0.3, 0.4) is 0 Å². The molecule has 0 aliphatic rings. The third-order valence-corrected chi connectivity index (χ3v) is 1.58. The van der Waals surface area contributed by atoms with Gasteiger partial charge >= 0.3 is 0 Å². The molecule has 0 aliphatic carbocycles. The lowest BCUT2D eigenvalue weighted by Gasteiger charge is -2.15. The van der Waals surface area contributed by atoms with E-state index in [1.807, 2.05) is 14.0 Å². The topological polar surface area (TPSA) is 21.3 Å². The second-order valence-electron chi connectivity index (χ2n) is 2.76. The molecule has 0 aliphatic heterocycles. The van der Waals surface area contributed by atoms with Crippen LogP contribution >= 0.6 is 0 Å². The van der Waals surface area contributed by atoms with E-state index in [1.165, 1.54) is 0 Å². The van der Waals surface area contributed by atoms with Crippen LogP contribution in [0.4, 0.5) is 0 Å². The summed E-state index contributed by atoms with van der Waals surface area (Å²) in [4.78, 5) is 0. The van der Waals surface area contributed by atoms with Gasteiger partial charge in [-0.25, -0.2) is 0 Å². The maximum absolute atomic E-state index is 5.37. The van der Waals surface area contributed by atoms with Gasteiger partial charge in [-0.2, -0.15) is 0 Å². The molecule has 0 aromatic rings. The molecule has 2 heteroatoms. The molecular formula is C9H19NO. The van der Waals surface area contributed by atoms with Gasteiger partial charge in [-0.05, 0) is 20.4 Å². The normalized spacial score (nSPS) is 13.0. The number of hydrogen-bond acceptors (Lipinski definition) is 2. The molecule has 0 heterocycles. The minimum atomic E-state index is 0.307. The predicted octanol–water partition coefficient (Wildman–Crippen LogP) is 1.58. The Hall–Kier alpha value is -0.340. The summed E-state index contributed by atoms with van der Waals surface area (Å²) in [6.45, 7) is 9.55. The van der Waals surface area contributed by atoms with Crippen molar-refractivity contribution in [2.45, 2.75) is 26.3 Å². The summed E-state index contributed by atoms with van der Waals surface area (Å²) in [5.74, 6) is 0. The first-order chi connectivity index (χ1) is 5.22. The van der Waals surface area contributed by atoms with Crippen molar-refractivity contribution < 1.29 is 4.74 Å². The van der Waals surface area contributed by atoms with E-state index in [-0.39, 0.29) is 0 Å². The van der Waals surface area contributed by atoms with E-state index in [0.29, 0.717) is 6.04 Å². The Kier molecular flexibility index (Phi) is 6.18. The maximum atomic E-state index is 5.37. The largest absolute Gasteiger partial charge is 0.379 e. The average molecular weight is 157 g/mol. The van der Waals surface area contributed by atoms with E-state index in [0.717, 1.165) is 25.2 Å². The quantitative estimate of drug-likeness (QED) is 0.467. The van der Waals surface area contributed by atoms with Crippen molar-refractivity contribution in [3.8, 4) is 0 Å². The lowest BCUT2D eigenvalue weighted by atomic mass is 10.2. The fraction of sp³-hybridized carbons (Fsp3) is 0.778. The first kappa shape index (κ1) is 10.7. The smallest absolute Gasteiger partial charge is 0.0657 e. The molecule has 0 fully saturated rings. The number of hydrogen-bond donors (Lipinski definition) is 1. The fourth-order valence-electron chi connectivity index (χ4n) is 0.818. The highest BCUT2D eigenvalue weighted by Crippen LogP contribution is 1.97. The lowest BCUT2D eigenvalue weighted by molar-refractivity contribution is 0.122. The summed E-state index contributed by atoms with van der Waals surface area (Å²) in [5.41, 5.74) is 1.13. The Morgan fingerprint density at radius 2 is 2.27 bits per heavy atom. The number of rotatable bonds is 6. The molecule has 0 saturated heterocycles. The standard InChI is InChI=1S/C9H19NO/c1-5-6-11-7-9(10-4)8(2)3/h9-10H,2,5-7H2,1,3-4H3. The van der Waals surface area contributed by atoms with E-state index >= 15 is 0 Å². The molecular weight excluding hydrogens is 138 g/mol. The molecule has 1 unspecified atom stereocenters. The summed E-state index contributed by atoms with van der Waals surface area (Å²) < 4.78 is 5.37. The summed E-state index contributed by atoms with van der Waals surface area (Å²) in [6, 6.07) is 0.307. The molecule has 66 valence electrons. The minimum absolute atomic E-state index is 0.307. The van der Waals surface area contributed by atoms with E-state index in [1.54, 1.807) is 0 Å². The molecule has 0 rings (SSSR count). The zero-order valence-corrected chi connectivity index (χ0v) is 7.81. The van der Waals surface area contributed by atoms with Crippen molar-refractivity contribution in [2.24, 2.45) is 0 Å². The van der Waals surface area contributed by atoms with Gasteiger partial charge in [0.05, 0.1) is 12.6 Å². The van der Waals surface area contributed by atoms with Crippen LogP contribution in [0.1, 0.15) is 20.3 Å². The molecule has 0 saturated carbocycles. The van der Waals surface area contributed by atoms with Crippen LogP contribution in [0.15, 0.2) is 12.2 Å². The Morgan fingerprint density at radius 3 is 2.64 bits per heavy atom. The number of ether oxygens (including phenoxy) is 1. The molecule has 0 aromatic carbocycles. The summed E-state index contributed by atoms with van der Waals surface area (Å²) >= 11 is 0. The van der Waals surface area contributed by atoms with Gasteiger partial charge in [-0.1, -0.05) is 19.1 Å². The first-order valence-electron chi connectivity index (χ1n) is 4.12. The molecule has 0 spiro atoms. The molecule has 0 bridgehead atoms. The van der Waals surface area contributed by atoms with E-state index < -0.39 is 0 Å². The molecule has 2 nitrogen and oxygen atoms in total. The van der Waals surface area contributed by atoms with Crippen LogP contribution < -0.4 is 5.32 Å². The van der Waals surface area contributed by atoms with Crippen molar-refractivity contribution in [3.63, 3.8) is 0 Å². The Labute approximate surface area is 69.6 Å². The van der Waals surface area contributed by atoms with Crippen LogP contribution in [0.2, 0.25) is 0 Å². The highest BCUT2D eigenvalue weighted by atomic mass is 16.5. The van der Waals surface area contributed by atoms with Crippen molar-refractivity contribution in [1.29, 1.82) is 0 Å². The van der Waals surface area contributed by atoms with Gasteiger partial charge in [0.25, 0.3) is 0 Å². The van der Waals surface area contributed by atoms with Crippen LogP contribution in [0, 0.1) is 0 Å². The second kappa shape index (κ2) is 6.38. The van der Waals surface area contributed by atoms with Gasteiger partial charge in [-0.15, -0.1) is 0 Å². The average Bonchev–Trinajstić information content (AvgIpc) is 1.97. The second-order valence-corrected chi connectivity index (χ2v) is 2.76. The van der Waals surface area contributed by atoms with E-state index in [9.17, 15) is 0 Å². The first-order valence-corrected chi connectivity index (χ1v) is 4.12. The van der Waals surface area contributed by atoms with Gasteiger partial charge in [-0.3, -0.25) is 0 Å². The third kappa shape index (κ3) is 4.99. The van der Waals surface area contributed by atoms with Gasteiger partial charge in [0.2, 0.25) is 0 Å². The summed E-state index contributed by atoms with van der Waals surface area (Å²) in [5, 5.41) is 3.14. The van der Waals surface area contributed by atoms with E-state index in [4.69, 9.17) is 4.74 Å². The zero-order valence-electron chi connectivity index (χ0n) is 7.81. The van der Waals surface area contributed by atoms with Crippen LogP contribution in [0.25, 0.3) is 0 Å². The van der Waals surface area contributed by atoms with Crippen molar-refractivity contribution in [2.75, 3.05) is 20.3 Å². The van der Waals surface area contributed by atoms with Gasteiger partial charge in [0.1, 0.15) is 0 Å². The Balaban J connectivity index is 3.44. The fourth-order valence-corrected chi connectivity index (χ4v) is 0.818. The molecule has 1 atom stereocenters. The molecule has 1 N–H and O–H groups in total. The minimum Gasteiger partial charge on any atom is -0.379 e. The van der Waals surface area contributed by atoms with Gasteiger partial charge in [0, 0.05) is 6.61 Å².